The van der Waals surface area contributed by atoms with E-state index in [2.05, 4.69) is 14.9 Å². The second-order valence-corrected chi connectivity index (χ2v) is 8.05. The van der Waals surface area contributed by atoms with Gasteiger partial charge in [0.15, 0.2) is 0 Å². The number of benzene rings is 1. The molecule has 1 aromatic heterocycles. The van der Waals surface area contributed by atoms with Gasteiger partial charge in [-0.25, -0.2) is 9.97 Å². The van der Waals surface area contributed by atoms with E-state index in [4.69, 9.17) is 23.2 Å². The van der Waals surface area contributed by atoms with Gasteiger partial charge in [-0.3, -0.25) is 9.59 Å². The molecule has 29 heavy (non-hydrogen) atoms. The zero-order valence-electron chi connectivity index (χ0n) is 15.8. The van der Waals surface area contributed by atoms with Gasteiger partial charge < -0.3 is 14.7 Å². The molecule has 2 saturated heterocycles. The van der Waals surface area contributed by atoms with Crippen LogP contribution >= 0.6 is 23.2 Å². The Morgan fingerprint density at radius 3 is 2.24 bits per heavy atom. The van der Waals surface area contributed by atoms with Crippen molar-refractivity contribution in [1.82, 2.24) is 19.8 Å². The van der Waals surface area contributed by atoms with Crippen LogP contribution in [-0.4, -0.2) is 70.3 Å². The minimum atomic E-state index is -0.445. The van der Waals surface area contributed by atoms with Gasteiger partial charge in [0.05, 0.1) is 0 Å². The molecule has 4 rings (SSSR count). The summed E-state index contributed by atoms with van der Waals surface area (Å²) in [6.07, 6.45) is 4.89. The number of carbonyl (C=O) groups is 2. The molecule has 2 aliphatic heterocycles. The van der Waals surface area contributed by atoms with E-state index in [0.717, 1.165) is 6.42 Å². The van der Waals surface area contributed by atoms with Gasteiger partial charge in [-0.1, -0.05) is 23.2 Å². The first kappa shape index (κ1) is 19.9. The summed E-state index contributed by atoms with van der Waals surface area (Å²) in [7, 11) is 0. The molecule has 2 fully saturated rings. The summed E-state index contributed by atoms with van der Waals surface area (Å²) >= 11 is 12.1. The molecule has 0 bridgehead atoms. The molecule has 2 aliphatic rings. The van der Waals surface area contributed by atoms with E-state index in [0.29, 0.717) is 60.7 Å². The first-order valence-electron chi connectivity index (χ1n) is 9.61. The number of aromatic nitrogens is 2. The van der Waals surface area contributed by atoms with Gasteiger partial charge in [-0.15, -0.1) is 0 Å². The molecular formula is C20H21Cl2N5O2. The Kier molecular flexibility index (Phi) is 5.87. The topological polar surface area (TPSA) is 69.6 Å². The first-order valence-corrected chi connectivity index (χ1v) is 10.4. The summed E-state index contributed by atoms with van der Waals surface area (Å²) < 4.78 is 0. The molecule has 2 aromatic rings. The number of anilines is 1. The van der Waals surface area contributed by atoms with Gasteiger partial charge >= 0.3 is 0 Å². The summed E-state index contributed by atoms with van der Waals surface area (Å²) in [6.45, 7) is 3.05. The van der Waals surface area contributed by atoms with Crippen LogP contribution in [0.1, 0.15) is 23.2 Å². The Hall–Kier alpha value is -2.38. The number of halogens is 2. The largest absolute Gasteiger partial charge is 0.337 e. The quantitative estimate of drug-likeness (QED) is 0.743. The number of nitrogens with zero attached hydrogens (tertiary/aromatic N) is 5. The van der Waals surface area contributed by atoms with Crippen LogP contribution in [0.2, 0.25) is 10.0 Å². The number of hydrogen-bond acceptors (Lipinski definition) is 5. The molecule has 0 N–H and O–H groups in total. The lowest BCUT2D eigenvalue weighted by Gasteiger charge is -2.37. The summed E-state index contributed by atoms with van der Waals surface area (Å²) in [5.74, 6) is 0.467. The number of amides is 2. The van der Waals surface area contributed by atoms with Gasteiger partial charge in [0.1, 0.15) is 6.04 Å². The van der Waals surface area contributed by atoms with Crippen LogP contribution in [0.5, 0.6) is 0 Å². The van der Waals surface area contributed by atoms with Crippen molar-refractivity contribution in [3.05, 3.63) is 52.3 Å². The number of piperazine rings is 1. The highest BCUT2D eigenvalue weighted by Crippen LogP contribution is 2.26. The average molecular weight is 434 g/mol. The first-order chi connectivity index (χ1) is 14.0. The van der Waals surface area contributed by atoms with Crippen LogP contribution in [0, 0.1) is 0 Å². The SMILES string of the molecule is O=C(C1CCCN1C(=O)c1cc(Cl)cc(Cl)c1)N1CCN(c2ncccn2)CC1. The predicted molar refractivity (Wildman–Crippen MR) is 111 cm³/mol. The monoisotopic (exact) mass is 433 g/mol. The number of likely N-dealkylation sites (tertiary alicyclic amines) is 1. The molecule has 152 valence electrons. The zero-order valence-corrected chi connectivity index (χ0v) is 17.3. The Morgan fingerprint density at radius 1 is 0.931 bits per heavy atom. The van der Waals surface area contributed by atoms with Crippen LogP contribution in [0.25, 0.3) is 0 Å². The van der Waals surface area contributed by atoms with Gasteiger partial charge in [0.2, 0.25) is 11.9 Å². The van der Waals surface area contributed by atoms with Crippen LogP contribution in [0.4, 0.5) is 5.95 Å². The van der Waals surface area contributed by atoms with Crippen molar-refractivity contribution in [3.8, 4) is 0 Å². The van der Waals surface area contributed by atoms with Gasteiger partial charge in [0.25, 0.3) is 5.91 Å². The lowest BCUT2D eigenvalue weighted by atomic mass is 10.1. The fourth-order valence-electron chi connectivity index (χ4n) is 3.90. The standard InChI is InChI=1S/C20H21Cl2N5O2/c21-15-11-14(12-16(22)13-15)18(28)27-6-1-3-17(27)19(29)25-7-9-26(10-8-25)20-23-4-2-5-24-20/h2,4-5,11-13,17H,1,3,6-10H2. The van der Waals surface area contributed by atoms with Crippen LogP contribution in [0.15, 0.2) is 36.7 Å². The minimum absolute atomic E-state index is 0.00222. The third-order valence-corrected chi connectivity index (χ3v) is 5.77. The molecule has 1 aromatic carbocycles. The summed E-state index contributed by atoms with van der Waals surface area (Å²) in [6, 6.07) is 6.10. The summed E-state index contributed by atoms with van der Waals surface area (Å²) in [5, 5.41) is 0.810. The molecule has 7 nitrogen and oxygen atoms in total. The van der Waals surface area contributed by atoms with Gasteiger partial charge in [0, 0.05) is 60.7 Å². The van der Waals surface area contributed by atoms with Crippen molar-refractivity contribution in [1.29, 1.82) is 0 Å². The van der Waals surface area contributed by atoms with Crippen molar-refractivity contribution in [3.63, 3.8) is 0 Å². The van der Waals surface area contributed by atoms with Crippen LogP contribution in [0.3, 0.4) is 0 Å². The maximum absolute atomic E-state index is 13.2. The van der Waals surface area contributed by atoms with Crippen molar-refractivity contribution in [2.24, 2.45) is 0 Å². The summed E-state index contributed by atoms with van der Waals surface area (Å²) in [4.78, 5) is 40.2. The molecular weight excluding hydrogens is 413 g/mol. The van der Waals surface area contributed by atoms with Crippen LogP contribution < -0.4 is 4.90 Å². The van der Waals surface area contributed by atoms with Crippen molar-refractivity contribution in [2.45, 2.75) is 18.9 Å². The summed E-state index contributed by atoms with van der Waals surface area (Å²) in [5.41, 5.74) is 0.410. The maximum atomic E-state index is 13.2. The minimum Gasteiger partial charge on any atom is -0.337 e. The highest BCUT2D eigenvalue weighted by Gasteiger charge is 2.38. The van der Waals surface area contributed by atoms with Crippen LogP contribution in [-0.2, 0) is 4.79 Å². The molecule has 2 amide bonds. The molecule has 0 saturated carbocycles. The van der Waals surface area contributed by atoms with E-state index in [1.165, 1.54) is 0 Å². The molecule has 0 aliphatic carbocycles. The Balaban J connectivity index is 1.42. The number of carbonyl (C=O) groups excluding carboxylic acids is 2. The van der Waals surface area contributed by atoms with E-state index < -0.39 is 6.04 Å². The number of hydrogen-bond donors (Lipinski definition) is 0. The Labute approximate surface area is 179 Å². The van der Waals surface area contributed by atoms with Crippen molar-refractivity contribution in [2.75, 3.05) is 37.6 Å². The Bertz CT molecular complexity index is 883. The Morgan fingerprint density at radius 2 is 1.59 bits per heavy atom. The molecule has 3 heterocycles. The van der Waals surface area contributed by atoms with E-state index in [1.54, 1.807) is 41.6 Å². The van der Waals surface area contributed by atoms with E-state index in [-0.39, 0.29) is 11.8 Å². The van der Waals surface area contributed by atoms with E-state index in [9.17, 15) is 9.59 Å². The van der Waals surface area contributed by atoms with E-state index >= 15 is 0 Å². The van der Waals surface area contributed by atoms with E-state index in [1.807, 2.05) is 4.90 Å². The fourth-order valence-corrected chi connectivity index (χ4v) is 4.43. The second kappa shape index (κ2) is 8.55. The maximum Gasteiger partial charge on any atom is 0.254 e. The van der Waals surface area contributed by atoms with Gasteiger partial charge in [-0.05, 0) is 37.1 Å². The highest BCUT2D eigenvalue weighted by molar-refractivity contribution is 6.35. The fraction of sp³-hybridized carbons (Fsp3) is 0.400. The lowest BCUT2D eigenvalue weighted by Crippen LogP contribution is -2.54. The molecule has 1 atom stereocenters. The lowest BCUT2D eigenvalue weighted by molar-refractivity contribution is -0.135. The molecule has 9 heteroatoms. The zero-order chi connectivity index (χ0) is 20.4. The highest BCUT2D eigenvalue weighted by atomic mass is 35.5. The third kappa shape index (κ3) is 4.31. The van der Waals surface area contributed by atoms with Crippen molar-refractivity contribution < 1.29 is 9.59 Å². The molecule has 0 spiro atoms. The predicted octanol–water partition coefficient (Wildman–Crippen LogP) is 2.74. The van der Waals surface area contributed by atoms with Crippen molar-refractivity contribution >= 4 is 41.0 Å². The van der Waals surface area contributed by atoms with Gasteiger partial charge in [-0.2, -0.15) is 0 Å². The normalized spacial score (nSPS) is 19.5. The smallest absolute Gasteiger partial charge is 0.254 e. The number of rotatable bonds is 3. The average Bonchev–Trinajstić information content (AvgIpc) is 3.22. The third-order valence-electron chi connectivity index (χ3n) is 5.33. The molecule has 1 unspecified atom stereocenters. The molecule has 0 radical (unpaired) electrons. The second-order valence-electron chi connectivity index (χ2n) is 7.18.